The van der Waals surface area contributed by atoms with Crippen LogP contribution in [0.3, 0.4) is 0 Å². The van der Waals surface area contributed by atoms with Crippen molar-refractivity contribution in [1.82, 2.24) is 10.6 Å². The number of piperidine rings is 1. The number of amides is 1. The topological polar surface area (TPSA) is 41.1 Å². The van der Waals surface area contributed by atoms with E-state index in [9.17, 15) is 4.79 Å². The van der Waals surface area contributed by atoms with Crippen molar-refractivity contribution in [3.05, 3.63) is 0 Å². The van der Waals surface area contributed by atoms with Gasteiger partial charge in [0, 0.05) is 13.1 Å². The van der Waals surface area contributed by atoms with Crippen molar-refractivity contribution in [3.8, 4) is 0 Å². The Bertz CT molecular complexity index is 258. The fourth-order valence-corrected chi connectivity index (χ4v) is 4.08. The molecule has 0 aliphatic carbocycles. The standard InChI is InChI=1S/C13H24N2OS/c1-2-13(5-3-6-14-10-13)12(16)15-8-11-4-7-17-9-11/h11,14H,2-10H2,1H3,(H,15,16). The van der Waals surface area contributed by atoms with Crippen LogP contribution >= 0.6 is 11.8 Å². The van der Waals surface area contributed by atoms with E-state index >= 15 is 0 Å². The molecule has 2 saturated heterocycles. The molecule has 2 rings (SSSR count). The minimum atomic E-state index is -0.135. The van der Waals surface area contributed by atoms with Gasteiger partial charge in [-0.25, -0.2) is 0 Å². The van der Waals surface area contributed by atoms with E-state index in [2.05, 4.69) is 17.6 Å². The first-order valence-corrected chi connectivity index (χ1v) is 7.99. The fraction of sp³-hybridized carbons (Fsp3) is 0.923. The van der Waals surface area contributed by atoms with Crippen LogP contribution in [-0.2, 0) is 4.79 Å². The highest BCUT2D eigenvalue weighted by Gasteiger charge is 2.37. The summed E-state index contributed by atoms with van der Waals surface area (Å²) in [6.45, 7) is 4.94. The molecule has 2 atom stereocenters. The molecular formula is C13H24N2OS. The van der Waals surface area contributed by atoms with Gasteiger partial charge in [-0.05, 0) is 49.7 Å². The summed E-state index contributed by atoms with van der Waals surface area (Å²) in [4.78, 5) is 12.3. The van der Waals surface area contributed by atoms with Crippen LogP contribution in [0.15, 0.2) is 0 Å². The summed E-state index contributed by atoms with van der Waals surface area (Å²) < 4.78 is 0. The molecule has 2 unspecified atom stereocenters. The molecular weight excluding hydrogens is 232 g/mol. The minimum Gasteiger partial charge on any atom is -0.355 e. The third kappa shape index (κ3) is 3.16. The summed E-state index contributed by atoms with van der Waals surface area (Å²) in [5.74, 6) is 3.47. The average Bonchev–Trinajstić information content (AvgIpc) is 2.90. The lowest BCUT2D eigenvalue weighted by molar-refractivity contribution is -0.132. The Morgan fingerprint density at radius 1 is 1.59 bits per heavy atom. The number of carbonyl (C=O) groups is 1. The SMILES string of the molecule is CCC1(C(=O)NCC2CCSC2)CCCNC1. The smallest absolute Gasteiger partial charge is 0.227 e. The average molecular weight is 256 g/mol. The van der Waals surface area contributed by atoms with Gasteiger partial charge in [-0.1, -0.05) is 6.92 Å². The molecule has 2 aliphatic heterocycles. The molecule has 2 fully saturated rings. The highest BCUT2D eigenvalue weighted by atomic mass is 32.2. The summed E-state index contributed by atoms with van der Waals surface area (Å²) in [5, 5.41) is 6.56. The molecule has 1 amide bonds. The van der Waals surface area contributed by atoms with E-state index in [1.54, 1.807) is 0 Å². The maximum absolute atomic E-state index is 12.3. The van der Waals surface area contributed by atoms with Gasteiger partial charge in [0.15, 0.2) is 0 Å². The lowest BCUT2D eigenvalue weighted by atomic mass is 9.77. The summed E-state index contributed by atoms with van der Waals surface area (Å²) in [6.07, 6.45) is 4.38. The number of nitrogens with one attached hydrogen (secondary N) is 2. The second kappa shape index (κ2) is 6.10. The lowest BCUT2D eigenvalue weighted by Gasteiger charge is -2.35. The van der Waals surface area contributed by atoms with Gasteiger partial charge in [0.2, 0.25) is 5.91 Å². The summed E-state index contributed by atoms with van der Waals surface area (Å²) >= 11 is 2.01. The van der Waals surface area contributed by atoms with Gasteiger partial charge < -0.3 is 10.6 Å². The molecule has 0 bridgehead atoms. The number of hydrogen-bond donors (Lipinski definition) is 2. The second-order valence-electron chi connectivity index (χ2n) is 5.35. The Balaban J connectivity index is 1.83. The molecule has 0 saturated carbocycles. The number of carbonyl (C=O) groups excluding carboxylic acids is 1. The van der Waals surface area contributed by atoms with Crippen molar-refractivity contribution >= 4 is 17.7 Å². The molecule has 0 aromatic heterocycles. The maximum Gasteiger partial charge on any atom is 0.227 e. The van der Waals surface area contributed by atoms with Crippen LogP contribution in [0.4, 0.5) is 0 Å². The van der Waals surface area contributed by atoms with Crippen LogP contribution < -0.4 is 10.6 Å². The molecule has 98 valence electrons. The van der Waals surface area contributed by atoms with Crippen LogP contribution in [0.2, 0.25) is 0 Å². The molecule has 17 heavy (non-hydrogen) atoms. The molecule has 2 N–H and O–H groups in total. The minimum absolute atomic E-state index is 0.135. The van der Waals surface area contributed by atoms with Gasteiger partial charge in [-0.2, -0.15) is 11.8 Å². The van der Waals surface area contributed by atoms with Gasteiger partial charge in [0.1, 0.15) is 0 Å². The molecule has 0 radical (unpaired) electrons. The summed E-state index contributed by atoms with van der Waals surface area (Å²) in [6, 6.07) is 0. The first kappa shape index (κ1) is 13.2. The van der Waals surface area contributed by atoms with Crippen molar-refractivity contribution in [2.75, 3.05) is 31.1 Å². The first-order valence-electron chi connectivity index (χ1n) is 6.83. The molecule has 0 aromatic rings. The Morgan fingerprint density at radius 2 is 2.47 bits per heavy atom. The van der Waals surface area contributed by atoms with E-state index in [0.717, 1.165) is 38.9 Å². The Kier molecular flexibility index (Phi) is 4.74. The van der Waals surface area contributed by atoms with Crippen molar-refractivity contribution in [1.29, 1.82) is 0 Å². The van der Waals surface area contributed by atoms with Crippen molar-refractivity contribution in [2.24, 2.45) is 11.3 Å². The van der Waals surface area contributed by atoms with Gasteiger partial charge in [-0.15, -0.1) is 0 Å². The molecule has 4 heteroatoms. The fourth-order valence-electron chi connectivity index (χ4n) is 2.79. The van der Waals surface area contributed by atoms with Gasteiger partial charge in [0.25, 0.3) is 0 Å². The van der Waals surface area contributed by atoms with Crippen LogP contribution in [-0.4, -0.2) is 37.0 Å². The van der Waals surface area contributed by atoms with E-state index in [4.69, 9.17) is 0 Å². The van der Waals surface area contributed by atoms with E-state index in [1.807, 2.05) is 11.8 Å². The molecule has 2 aliphatic rings. The number of rotatable bonds is 4. The number of thioether (sulfide) groups is 1. The maximum atomic E-state index is 12.3. The third-order valence-corrected chi connectivity index (χ3v) is 5.44. The quantitative estimate of drug-likeness (QED) is 0.803. The Morgan fingerprint density at radius 3 is 3.06 bits per heavy atom. The van der Waals surface area contributed by atoms with Gasteiger partial charge in [0.05, 0.1) is 5.41 Å². The zero-order valence-corrected chi connectivity index (χ0v) is 11.6. The number of hydrogen-bond acceptors (Lipinski definition) is 3. The van der Waals surface area contributed by atoms with E-state index < -0.39 is 0 Å². The van der Waals surface area contributed by atoms with Gasteiger partial charge >= 0.3 is 0 Å². The normalized spacial score (nSPS) is 33.6. The monoisotopic (exact) mass is 256 g/mol. The van der Waals surface area contributed by atoms with Crippen LogP contribution in [0.5, 0.6) is 0 Å². The predicted octanol–water partition coefficient (Wildman–Crippen LogP) is 1.64. The van der Waals surface area contributed by atoms with Gasteiger partial charge in [-0.3, -0.25) is 4.79 Å². The molecule has 0 aromatic carbocycles. The Labute approximate surface area is 108 Å². The largest absolute Gasteiger partial charge is 0.355 e. The van der Waals surface area contributed by atoms with E-state index in [0.29, 0.717) is 5.92 Å². The van der Waals surface area contributed by atoms with E-state index in [1.165, 1.54) is 17.9 Å². The first-order chi connectivity index (χ1) is 8.27. The van der Waals surface area contributed by atoms with Crippen molar-refractivity contribution in [3.63, 3.8) is 0 Å². The highest BCUT2D eigenvalue weighted by molar-refractivity contribution is 7.99. The highest BCUT2D eigenvalue weighted by Crippen LogP contribution is 2.30. The Hall–Kier alpha value is -0.220. The lowest BCUT2D eigenvalue weighted by Crippen LogP contribution is -2.51. The van der Waals surface area contributed by atoms with E-state index in [-0.39, 0.29) is 11.3 Å². The predicted molar refractivity (Wildman–Crippen MR) is 73.3 cm³/mol. The van der Waals surface area contributed by atoms with Crippen molar-refractivity contribution in [2.45, 2.75) is 32.6 Å². The van der Waals surface area contributed by atoms with Crippen LogP contribution in [0.1, 0.15) is 32.6 Å². The zero-order valence-electron chi connectivity index (χ0n) is 10.8. The molecule has 0 spiro atoms. The summed E-state index contributed by atoms with van der Waals surface area (Å²) in [5.41, 5.74) is -0.135. The molecule has 2 heterocycles. The second-order valence-corrected chi connectivity index (χ2v) is 6.50. The summed E-state index contributed by atoms with van der Waals surface area (Å²) in [7, 11) is 0. The van der Waals surface area contributed by atoms with Crippen LogP contribution in [0, 0.1) is 11.3 Å². The van der Waals surface area contributed by atoms with Crippen molar-refractivity contribution < 1.29 is 4.79 Å². The van der Waals surface area contributed by atoms with Crippen LogP contribution in [0.25, 0.3) is 0 Å². The zero-order chi connectivity index (χ0) is 12.1. The third-order valence-electron chi connectivity index (χ3n) is 4.21. The molecule has 3 nitrogen and oxygen atoms in total.